The first-order chi connectivity index (χ1) is 8.74. The Morgan fingerprint density at radius 1 is 1.33 bits per heavy atom. The van der Waals surface area contributed by atoms with Gasteiger partial charge in [0.15, 0.2) is 0 Å². The zero-order chi connectivity index (χ0) is 12.5. The zero-order valence-corrected chi connectivity index (χ0v) is 9.98. The summed E-state index contributed by atoms with van der Waals surface area (Å²) in [5.41, 5.74) is 0.288. The standard InChI is InChI=1S/C11H8N4O2S/c16-9-1-3-12-6-15(9)5-8-13-7-2-4-18-10(7)11(17)14-8/h1-4,6H,5H2,(H,13,14,17). The van der Waals surface area contributed by atoms with E-state index in [4.69, 9.17) is 0 Å². The molecule has 3 aromatic rings. The summed E-state index contributed by atoms with van der Waals surface area (Å²) in [6.07, 6.45) is 2.84. The van der Waals surface area contributed by atoms with Crippen LogP contribution in [0.4, 0.5) is 0 Å². The minimum Gasteiger partial charge on any atom is -0.308 e. The van der Waals surface area contributed by atoms with E-state index < -0.39 is 0 Å². The van der Waals surface area contributed by atoms with Crippen LogP contribution < -0.4 is 11.1 Å². The van der Waals surface area contributed by atoms with E-state index in [9.17, 15) is 9.59 Å². The Morgan fingerprint density at radius 3 is 3.06 bits per heavy atom. The Kier molecular flexibility index (Phi) is 2.52. The average Bonchev–Trinajstić information content (AvgIpc) is 2.81. The minimum absolute atomic E-state index is 0.179. The lowest BCUT2D eigenvalue weighted by Crippen LogP contribution is -2.22. The number of fused-ring (bicyclic) bond motifs is 1. The molecule has 0 unspecified atom stereocenters. The Hall–Kier alpha value is -2.28. The molecule has 3 aromatic heterocycles. The van der Waals surface area contributed by atoms with Crippen LogP contribution in [0.5, 0.6) is 0 Å². The topological polar surface area (TPSA) is 80.6 Å². The molecule has 0 aliphatic carbocycles. The monoisotopic (exact) mass is 260 g/mol. The first-order valence-electron chi connectivity index (χ1n) is 5.21. The number of rotatable bonds is 2. The van der Waals surface area contributed by atoms with Gasteiger partial charge in [-0.3, -0.25) is 14.2 Å². The molecule has 0 amide bonds. The summed E-state index contributed by atoms with van der Waals surface area (Å²) in [5, 5.41) is 1.81. The van der Waals surface area contributed by atoms with Crippen LogP contribution in [0.1, 0.15) is 5.82 Å². The minimum atomic E-state index is -0.182. The van der Waals surface area contributed by atoms with E-state index in [1.54, 1.807) is 6.07 Å². The number of hydrogen-bond donors (Lipinski definition) is 1. The van der Waals surface area contributed by atoms with Crippen molar-refractivity contribution >= 4 is 21.6 Å². The van der Waals surface area contributed by atoms with Crippen molar-refractivity contribution in [1.82, 2.24) is 19.5 Å². The second kappa shape index (κ2) is 4.19. The molecular weight excluding hydrogens is 252 g/mol. The molecule has 18 heavy (non-hydrogen) atoms. The molecule has 0 fully saturated rings. The van der Waals surface area contributed by atoms with Crippen molar-refractivity contribution < 1.29 is 0 Å². The second-order valence-corrected chi connectivity index (χ2v) is 4.61. The maximum Gasteiger partial charge on any atom is 0.268 e. The normalized spacial score (nSPS) is 10.9. The van der Waals surface area contributed by atoms with Gasteiger partial charge < -0.3 is 4.98 Å². The molecule has 7 heteroatoms. The van der Waals surface area contributed by atoms with Gasteiger partial charge in [-0.15, -0.1) is 11.3 Å². The van der Waals surface area contributed by atoms with Crippen LogP contribution in [-0.4, -0.2) is 19.5 Å². The Balaban J connectivity index is 2.08. The summed E-state index contributed by atoms with van der Waals surface area (Å²) in [7, 11) is 0. The number of thiophene rings is 1. The number of nitrogens with one attached hydrogen (secondary N) is 1. The molecule has 1 N–H and O–H groups in total. The third-order valence-electron chi connectivity index (χ3n) is 2.48. The lowest BCUT2D eigenvalue weighted by molar-refractivity contribution is 0.698. The van der Waals surface area contributed by atoms with Gasteiger partial charge in [0.2, 0.25) is 0 Å². The fourth-order valence-electron chi connectivity index (χ4n) is 1.65. The number of H-pyrrole nitrogens is 1. The van der Waals surface area contributed by atoms with E-state index in [0.29, 0.717) is 16.0 Å². The number of nitrogens with zero attached hydrogens (tertiary/aromatic N) is 3. The van der Waals surface area contributed by atoms with Gasteiger partial charge in [-0.05, 0) is 11.4 Å². The summed E-state index contributed by atoms with van der Waals surface area (Å²) in [6.45, 7) is 0.202. The molecule has 0 radical (unpaired) electrons. The van der Waals surface area contributed by atoms with E-state index in [2.05, 4.69) is 15.0 Å². The van der Waals surface area contributed by atoms with Crippen molar-refractivity contribution in [1.29, 1.82) is 0 Å². The molecule has 0 aliphatic heterocycles. The molecule has 0 bridgehead atoms. The van der Waals surface area contributed by atoms with Crippen molar-refractivity contribution in [2.75, 3.05) is 0 Å². The van der Waals surface area contributed by atoms with Crippen LogP contribution in [0.3, 0.4) is 0 Å². The van der Waals surface area contributed by atoms with Crippen molar-refractivity contribution in [3.63, 3.8) is 0 Å². The van der Waals surface area contributed by atoms with Crippen LogP contribution >= 0.6 is 11.3 Å². The predicted molar refractivity (Wildman–Crippen MR) is 67.8 cm³/mol. The zero-order valence-electron chi connectivity index (χ0n) is 9.16. The van der Waals surface area contributed by atoms with Crippen molar-refractivity contribution in [2.45, 2.75) is 6.54 Å². The molecule has 0 spiro atoms. The lowest BCUT2D eigenvalue weighted by Gasteiger charge is -2.03. The largest absolute Gasteiger partial charge is 0.308 e. The summed E-state index contributed by atoms with van der Waals surface area (Å²) < 4.78 is 1.98. The SMILES string of the molecule is O=c1[nH]c(Cn2cnccc2=O)nc2ccsc12. The smallest absolute Gasteiger partial charge is 0.268 e. The molecule has 3 heterocycles. The van der Waals surface area contributed by atoms with Crippen LogP contribution in [0.2, 0.25) is 0 Å². The van der Waals surface area contributed by atoms with Gasteiger partial charge in [-0.2, -0.15) is 0 Å². The predicted octanol–water partition coefficient (Wildman–Crippen LogP) is 0.590. The molecule has 3 rings (SSSR count). The third kappa shape index (κ3) is 1.84. The molecule has 0 saturated carbocycles. The third-order valence-corrected chi connectivity index (χ3v) is 3.38. The van der Waals surface area contributed by atoms with Gasteiger partial charge in [0.25, 0.3) is 11.1 Å². The van der Waals surface area contributed by atoms with Crippen molar-refractivity contribution in [3.05, 3.63) is 56.6 Å². The van der Waals surface area contributed by atoms with Gasteiger partial charge in [0, 0.05) is 12.3 Å². The highest BCUT2D eigenvalue weighted by atomic mass is 32.1. The maximum atomic E-state index is 11.7. The van der Waals surface area contributed by atoms with Crippen LogP contribution in [-0.2, 0) is 6.54 Å². The van der Waals surface area contributed by atoms with E-state index >= 15 is 0 Å². The Bertz CT molecular complexity index is 817. The second-order valence-electron chi connectivity index (χ2n) is 3.69. The number of aromatic nitrogens is 4. The molecule has 6 nitrogen and oxygen atoms in total. The molecular formula is C11H8N4O2S. The van der Waals surface area contributed by atoms with Crippen LogP contribution in [0.25, 0.3) is 10.2 Å². The fraction of sp³-hybridized carbons (Fsp3) is 0.0909. The first kappa shape index (κ1) is 10.8. The molecule has 90 valence electrons. The average molecular weight is 260 g/mol. The fourth-order valence-corrected chi connectivity index (χ4v) is 2.38. The molecule has 0 atom stereocenters. The maximum absolute atomic E-state index is 11.7. The highest BCUT2D eigenvalue weighted by molar-refractivity contribution is 7.17. The summed E-state index contributed by atoms with van der Waals surface area (Å²) in [5.74, 6) is 0.445. The molecule has 0 aliphatic rings. The Labute approximate surface area is 105 Å². The lowest BCUT2D eigenvalue weighted by atomic mass is 10.4. The summed E-state index contributed by atoms with van der Waals surface area (Å²) in [6, 6.07) is 3.14. The highest BCUT2D eigenvalue weighted by Gasteiger charge is 2.05. The molecule has 0 aromatic carbocycles. The molecule has 0 saturated heterocycles. The van der Waals surface area contributed by atoms with Crippen LogP contribution in [0, 0.1) is 0 Å². The number of aromatic amines is 1. The van der Waals surface area contributed by atoms with Gasteiger partial charge in [0.05, 0.1) is 18.4 Å². The van der Waals surface area contributed by atoms with E-state index in [-0.39, 0.29) is 17.7 Å². The van der Waals surface area contributed by atoms with Gasteiger partial charge in [-0.1, -0.05) is 0 Å². The number of hydrogen-bond acceptors (Lipinski definition) is 5. The first-order valence-corrected chi connectivity index (χ1v) is 6.09. The van der Waals surface area contributed by atoms with Gasteiger partial charge >= 0.3 is 0 Å². The summed E-state index contributed by atoms with van der Waals surface area (Å²) >= 11 is 1.34. The summed E-state index contributed by atoms with van der Waals surface area (Å²) in [4.78, 5) is 34.1. The van der Waals surface area contributed by atoms with Crippen LogP contribution in [0.15, 0.2) is 39.6 Å². The Morgan fingerprint density at radius 2 is 2.22 bits per heavy atom. The van der Waals surface area contributed by atoms with Crippen molar-refractivity contribution in [3.8, 4) is 0 Å². The van der Waals surface area contributed by atoms with E-state index in [1.165, 1.54) is 34.5 Å². The van der Waals surface area contributed by atoms with Gasteiger partial charge in [-0.25, -0.2) is 9.97 Å². The van der Waals surface area contributed by atoms with E-state index in [0.717, 1.165) is 0 Å². The highest BCUT2D eigenvalue weighted by Crippen LogP contribution is 2.13. The quantitative estimate of drug-likeness (QED) is 0.731. The van der Waals surface area contributed by atoms with Gasteiger partial charge in [0.1, 0.15) is 10.5 Å². The van der Waals surface area contributed by atoms with E-state index in [1.807, 2.05) is 5.38 Å². The van der Waals surface area contributed by atoms with Crippen molar-refractivity contribution in [2.24, 2.45) is 0 Å².